The van der Waals surface area contributed by atoms with Crippen LogP contribution in [0, 0.1) is 25.7 Å². The van der Waals surface area contributed by atoms with E-state index in [-0.39, 0.29) is 11.8 Å². The molecule has 0 radical (unpaired) electrons. The number of nitrogens with zero attached hydrogens (tertiary/aromatic N) is 2. The molecular weight excluding hydrogens is 362 g/mol. The number of likely N-dealkylation sites (N-methyl/N-ethyl adjacent to an activating group) is 1. The quantitative estimate of drug-likeness (QED) is 0.769. The summed E-state index contributed by atoms with van der Waals surface area (Å²) >= 11 is 0. The lowest BCUT2D eigenvalue weighted by atomic mass is 9.74. The van der Waals surface area contributed by atoms with Gasteiger partial charge < -0.3 is 15.0 Å². The van der Waals surface area contributed by atoms with Gasteiger partial charge in [-0.05, 0) is 93.6 Å². The summed E-state index contributed by atoms with van der Waals surface area (Å²) in [5.41, 5.74) is 5.34. The van der Waals surface area contributed by atoms with Gasteiger partial charge in [-0.2, -0.15) is 0 Å². The average molecular weight is 396 g/mol. The number of anilines is 1. The van der Waals surface area contributed by atoms with Crippen molar-refractivity contribution in [1.82, 2.24) is 9.88 Å². The van der Waals surface area contributed by atoms with Gasteiger partial charge >= 0.3 is 0 Å². The topological polar surface area (TPSA) is 54.5 Å². The number of pyridine rings is 1. The highest BCUT2D eigenvalue weighted by molar-refractivity contribution is 5.91. The molecule has 1 aliphatic carbocycles. The number of aromatic nitrogens is 1. The summed E-state index contributed by atoms with van der Waals surface area (Å²) in [6, 6.07) is 7.74. The molecular formula is C24H33N3O2. The van der Waals surface area contributed by atoms with Gasteiger partial charge in [-0.3, -0.25) is 4.79 Å². The lowest BCUT2D eigenvalue weighted by molar-refractivity contribution is -0.121. The highest BCUT2D eigenvalue weighted by Crippen LogP contribution is 2.37. The zero-order chi connectivity index (χ0) is 21.0. The third-order valence-corrected chi connectivity index (χ3v) is 6.07. The molecule has 2 aromatic rings. The molecule has 29 heavy (non-hydrogen) atoms. The minimum atomic E-state index is -0.0665. The van der Waals surface area contributed by atoms with Crippen LogP contribution in [0.3, 0.4) is 0 Å². The van der Waals surface area contributed by atoms with Gasteiger partial charge in [-0.25, -0.2) is 4.98 Å². The predicted molar refractivity (Wildman–Crippen MR) is 118 cm³/mol. The molecule has 1 heterocycles. The zero-order valence-corrected chi connectivity index (χ0v) is 18.3. The van der Waals surface area contributed by atoms with Crippen molar-refractivity contribution in [3.8, 4) is 5.75 Å². The fourth-order valence-corrected chi connectivity index (χ4v) is 4.13. The lowest BCUT2D eigenvalue weighted by Crippen LogP contribution is -2.31. The smallest absolute Gasteiger partial charge is 0.228 e. The van der Waals surface area contributed by atoms with Gasteiger partial charge in [0.25, 0.3) is 0 Å². The summed E-state index contributed by atoms with van der Waals surface area (Å²) in [7, 11) is 4.10. The van der Waals surface area contributed by atoms with Crippen LogP contribution in [0.25, 0.3) is 0 Å². The molecule has 1 aliphatic rings. The van der Waals surface area contributed by atoms with Crippen LogP contribution in [0.2, 0.25) is 0 Å². The Morgan fingerprint density at radius 3 is 2.79 bits per heavy atom. The van der Waals surface area contributed by atoms with Crippen LogP contribution >= 0.6 is 0 Å². The molecule has 5 heteroatoms. The van der Waals surface area contributed by atoms with Crippen molar-refractivity contribution in [1.29, 1.82) is 0 Å². The van der Waals surface area contributed by atoms with Crippen LogP contribution in [-0.2, 0) is 17.6 Å². The van der Waals surface area contributed by atoms with E-state index in [0.29, 0.717) is 18.3 Å². The minimum absolute atomic E-state index is 0.0462. The molecule has 0 bridgehead atoms. The maximum atomic E-state index is 12.8. The van der Waals surface area contributed by atoms with E-state index in [0.717, 1.165) is 31.6 Å². The van der Waals surface area contributed by atoms with E-state index in [2.05, 4.69) is 49.2 Å². The summed E-state index contributed by atoms with van der Waals surface area (Å²) in [6.45, 7) is 7.94. The van der Waals surface area contributed by atoms with Crippen molar-refractivity contribution in [3.63, 3.8) is 0 Å². The molecule has 0 spiro atoms. The van der Waals surface area contributed by atoms with E-state index < -0.39 is 0 Å². The molecule has 0 unspecified atom stereocenters. The predicted octanol–water partition coefficient (Wildman–Crippen LogP) is 4.02. The molecule has 1 aromatic heterocycles. The first kappa shape index (κ1) is 21.3. The average Bonchev–Trinajstić information content (AvgIpc) is 2.71. The van der Waals surface area contributed by atoms with Gasteiger partial charge in [0.05, 0.1) is 0 Å². The molecule has 1 N–H and O–H groups in total. The number of amides is 1. The molecule has 156 valence electrons. The molecule has 0 saturated heterocycles. The Bertz CT molecular complexity index is 849. The number of aryl methyl sites for hydroxylation is 1. The monoisotopic (exact) mass is 395 g/mol. The van der Waals surface area contributed by atoms with Crippen molar-refractivity contribution < 1.29 is 9.53 Å². The highest BCUT2D eigenvalue weighted by Gasteiger charge is 2.30. The van der Waals surface area contributed by atoms with E-state index >= 15 is 0 Å². The molecule has 1 aromatic carbocycles. The van der Waals surface area contributed by atoms with E-state index in [1.165, 1.54) is 22.3 Å². The van der Waals surface area contributed by atoms with Gasteiger partial charge in [0.1, 0.15) is 18.2 Å². The van der Waals surface area contributed by atoms with Crippen molar-refractivity contribution in [3.05, 3.63) is 52.7 Å². The first-order valence-electron chi connectivity index (χ1n) is 10.5. The number of carbonyl (C=O) groups excluding carboxylic acids is 1. The van der Waals surface area contributed by atoms with E-state index in [1.54, 1.807) is 6.20 Å². The first-order chi connectivity index (χ1) is 13.9. The van der Waals surface area contributed by atoms with Crippen LogP contribution in [-0.4, -0.2) is 43.0 Å². The number of hydrogen-bond donors (Lipinski definition) is 1. The Hall–Kier alpha value is -2.40. The molecule has 2 atom stereocenters. The molecule has 5 nitrogen and oxygen atoms in total. The highest BCUT2D eigenvalue weighted by atomic mass is 16.5. The minimum Gasteiger partial charge on any atom is -0.492 e. The van der Waals surface area contributed by atoms with Crippen molar-refractivity contribution in [2.45, 2.75) is 40.0 Å². The van der Waals surface area contributed by atoms with Crippen LogP contribution in [0.1, 0.15) is 35.6 Å². The molecule has 1 amide bonds. The Kier molecular flexibility index (Phi) is 6.91. The summed E-state index contributed by atoms with van der Waals surface area (Å²) in [5, 5.41) is 2.96. The Balaban J connectivity index is 1.73. The normalized spacial score (nSPS) is 17.0. The van der Waals surface area contributed by atoms with Crippen LogP contribution in [0.15, 0.2) is 30.5 Å². The summed E-state index contributed by atoms with van der Waals surface area (Å²) in [4.78, 5) is 19.1. The number of hydrogen-bond acceptors (Lipinski definition) is 4. The Morgan fingerprint density at radius 1 is 1.31 bits per heavy atom. The molecule has 0 saturated carbocycles. The largest absolute Gasteiger partial charge is 0.492 e. The Labute approximate surface area is 174 Å². The number of fused-ring (bicyclic) bond motifs is 1. The van der Waals surface area contributed by atoms with Crippen molar-refractivity contribution in [2.75, 3.05) is 32.6 Å². The summed E-state index contributed by atoms with van der Waals surface area (Å²) in [6.07, 6.45) is 4.67. The number of nitrogens with one attached hydrogen (secondary N) is 1. The fourth-order valence-electron chi connectivity index (χ4n) is 4.13. The molecule has 0 aliphatic heterocycles. The SMILES string of the molecule is Cc1cc(OCCN(C)C)c(C)c2c1CC[C@@H]([C@H](C)C(=O)Nc1ccccn1)C2. The standard InChI is InChI=1S/C24H33N3O2/c1-16-14-22(29-13-12-27(4)5)18(3)21-15-19(9-10-20(16)21)17(2)24(28)26-23-8-6-7-11-25-23/h6-8,11,14,17,19H,9-10,12-13,15H2,1-5H3,(H,25,26,28)/t17-,19+/m0/s1. The second-order valence-electron chi connectivity index (χ2n) is 8.42. The number of rotatable bonds is 7. The third kappa shape index (κ3) is 5.15. The van der Waals surface area contributed by atoms with Gasteiger partial charge in [-0.15, -0.1) is 0 Å². The zero-order valence-electron chi connectivity index (χ0n) is 18.3. The second kappa shape index (κ2) is 9.40. The number of carbonyl (C=O) groups is 1. The second-order valence-corrected chi connectivity index (χ2v) is 8.42. The van der Waals surface area contributed by atoms with Crippen molar-refractivity contribution >= 4 is 11.7 Å². The lowest BCUT2D eigenvalue weighted by Gasteiger charge is -2.31. The van der Waals surface area contributed by atoms with E-state index in [9.17, 15) is 4.79 Å². The maximum absolute atomic E-state index is 12.8. The van der Waals surface area contributed by atoms with Crippen LogP contribution in [0.4, 0.5) is 5.82 Å². The van der Waals surface area contributed by atoms with Gasteiger partial charge in [0.2, 0.25) is 5.91 Å². The van der Waals surface area contributed by atoms with Gasteiger partial charge in [-0.1, -0.05) is 13.0 Å². The first-order valence-corrected chi connectivity index (χ1v) is 10.5. The number of ether oxygens (including phenoxy) is 1. The summed E-state index contributed by atoms with van der Waals surface area (Å²) in [5.74, 6) is 1.90. The van der Waals surface area contributed by atoms with Gasteiger partial charge in [0, 0.05) is 18.7 Å². The number of benzene rings is 1. The van der Waals surface area contributed by atoms with Crippen LogP contribution in [0.5, 0.6) is 5.75 Å². The third-order valence-electron chi connectivity index (χ3n) is 6.07. The van der Waals surface area contributed by atoms with E-state index in [4.69, 9.17) is 4.74 Å². The van der Waals surface area contributed by atoms with Crippen molar-refractivity contribution in [2.24, 2.45) is 11.8 Å². The Morgan fingerprint density at radius 2 is 2.10 bits per heavy atom. The fraction of sp³-hybridized carbons (Fsp3) is 0.500. The summed E-state index contributed by atoms with van der Waals surface area (Å²) < 4.78 is 6.09. The van der Waals surface area contributed by atoms with Gasteiger partial charge in [0.15, 0.2) is 0 Å². The maximum Gasteiger partial charge on any atom is 0.228 e. The molecule has 0 fully saturated rings. The molecule has 3 rings (SSSR count). The van der Waals surface area contributed by atoms with E-state index in [1.807, 2.05) is 25.1 Å². The van der Waals surface area contributed by atoms with Crippen LogP contribution < -0.4 is 10.1 Å².